The number of benzene rings is 1. The van der Waals surface area contributed by atoms with Crippen molar-refractivity contribution >= 4 is 5.91 Å². The lowest BCUT2D eigenvalue weighted by atomic mass is 9.85. The van der Waals surface area contributed by atoms with Crippen molar-refractivity contribution in [3.8, 4) is 11.3 Å². The summed E-state index contributed by atoms with van der Waals surface area (Å²) in [6, 6.07) is 10.7. The molecule has 1 aromatic carbocycles. The van der Waals surface area contributed by atoms with E-state index in [2.05, 4.69) is 9.97 Å². The van der Waals surface area contributed by atoms with Gasteiger partial charge in [-0.1, -0.05) is 6.07 Å². The Morgan fingerprint density at radius 2 is 1.77 bits per heavy atom. The summed E-state index contributed by atoms with van der Waals surface area (Å²) in [4.78, 5) is 23.2. The van der Waals surface area contributed by atoms with Crippen molar-refractivity contribution in [1.82, 2.24) is 14.9 Å². The van der Waals surface area contributed by atoms with E-state index in [4.69, 9.17) is 0 Å². The first-order chi connectivity index (χ1) is 14.5. The van der Waals surface area contributed by atoms with Gasteiger partial charge in [-0.3, -0.25) is 14.8 Å². The van der Waals surface area contributed by atoms with E-state index in [1.807, 2.05) is 0 Å². The van der Waals surface area contributed by atoms with Crippen LogP contribution in [0.5, 0.6) is 0 Å². The number of likely N-dealkylation sites (tertiary alicyclic amines) is 1. The first-order valence-corrected chi connectivity index (χ1v) is 9.76. The molecule has 3 aromatic rings. The summed E-state index contributed by atoms with van der Waals surface area (Å²) in [5.41, 5.74) is 1.36. The molecule has 5 nitrogen and oxygen atoms in total. The molecular weight excluding hydrogens is 388 g/mol. The Morgan fingerprint density at radius 3 is 2.47 bits per heavy atom. The Hall–Kier alpha value is -3.19. The molecule has 4 rings (SSSR count). The molecule has 1 fully saturated rings. The summed E-state index contributed by atoms with van der Waals surface area (Å²) in [6.45, 7) is 0.730. The molecule has 3 heterocycles. The van der Waals surface area contributed by atoms with Gasteiger partial charge >= 0.3 is 0 Å². The molecule has 0 atom stereocenters. The molecule has 7 heteroatoms. The lowest BCUT2D eigenvalue weighted by Gasteiger charge is -2.38. The third kappa shape index (κ3) is 4.21. The largest absolute Gasteiger partial charge is 0.389 e. The second kappa shape index (κ2) is 8.28. The van der Waals surface area contributed by atoms with Gasteiger partial charge in [0.15, 0.2) is 11.6 Å². The Balaban J connectivity index is 1.47. The summed E-state index contributed by atoms with van der Waals surface area (Å²) in [5, 5.41) is 10.9. The number of hydrogen-bond acceptors (Lipinski definition) is 4. The van der Waals surface area contributed by atoms with Crippen molar-refractivity contribution < 1.29 is 18.7 Å². The van der Waals surface area contributed by atoms with Gasteiger partial charge in [0.2, 0.25) is 0 Å². The third-order valence-corrected chi connectivity index (χ3v) is 5.49. The molecule has 0 bridgehead atoms. The summed E-state index contributed by atoms with van der Waals surface area (Å²) in [6.07, 6.45) is 5.85. The van der Waals surface area contributed by atoms with E-state index in [1.165, 1.54) is 6.07 Å². The van der Waals surface area contributed by atoms with Crippen LogP contribution in [0.2, 0.25) is 0 Å². The monoisotopic (exact) mass is 409 g/mol. The van der Waals surface area contributed by atoms with Crippen LogP contribution in [0.4, 0.5) is 8.78 Å². The Kier molecular flexibility index (Phi) is 5.55. The van der Waals surface area contributed by atoms with Crippen LogP contribution >= 0.6 is 0 Å². The van der Waals surface area contributed by atoms with E-state index in [9.17, 15) is 18.7 Å². The Labute approximate surface area is 173 Å². The molecule has 154 valence electrons. The van der Waals surface area contributed by atoms with Crippen LogP contribution in [0.25, 0.3) is 11.3 Å². The van der Waals surface area contributed by atoms with Crippen LogP contribution in [0, 0.1) is 11.6 Å². The molecule has 2 aromatic heterocycles. The fourth-order valence-electron chi connectivity index (χ4n) is 3.82. The van der Waals surface area contributed by atoms with E-state index in [0.29, 0.717) is 42.8 Å². The van der Waals surface area contributed by atoms with Crippen molar-refractivity contribution in [2.24, 2.45) is 0 Å². The van der Waals surface area contributed by atoms with Gasteiger partial charge in [0, 0.05) is 43.7 Å². The van der Waals surface area contributed by atoms with Gasteiger partial charge in [-0.2, -0.15) is 0 Å². The zero-order chi connectivity index (χ0) is 21.1. The lowest BCUT2D eigenvalue weighted by molar-refractivity contribution is -0.0162. The van der Waals surface area contributed by atoms with Gasteiger partial charge in [0.05, 0.1) is 16.9 Å². The molecule has 1 saturated heterocycles. The summed E-state index contributed by atoms with van der Waals surface area (Å²) in [5.74, 6) is -1.98. The topological polar surface area (TPSA) is 66.3 Å². The first-order valence-electron chi connectivity index (χ1n) is 9.76. The van der Waals surface area contributed by atoms with Gasteiger partial charge in [0.25, 0.3) is 5.91 Å². The first kappa shape index (κ1) is 20.1. The molecule has 1 N–H and O–H groups in total. The molecule has 0 spiro atoms. The average Bonchev–Trinajstić information content (AvgIpc) is 2.77. The molecule has 1 aliphatic rings. The molecule has 0 radical (unpaired) electrons. The number of rotatable bonds is 4. The number of carbonyl (C=O) groups is 1. The van der Waals surface area contributed by atoms with Gasteiger partial charge < -0.3 is 10.0 Å². The van der Waals surface area contributed by atoms with Crippen LogP contribution < -0.4 is 0 Å². The highest BCUT2D eigenvalue weighted by molar-refractivity contribution is 5.99. The van der Waals surface area contributed by atoms with E-state index < -0.39 is 17.2 Å². The minimum Gasteiger partial charge on any atom is -0.389 e. The van der Waals surface area contributed by atoms with Crippen LogP contribution in [-0.4, -0.2) is 44.6 Å². The number of pyridine rings is 2. The minimum atomic E-state index is -1.07. The third-order valence-electron chi connectivity index (χ3n) is 5.49. The standard InChI is InChI=1S/C23H21F2N3O2/c24-19-4-3-16(14-20(19)25)15-23(30)7-12-28(13-8-23)22(29)18-2-1-9-27-21(18)17-5-10-26-11-6-17/h1-6,9-11,14,30H,7-8,12-13,15H2. The van der Waals surface area contributed by atoms with Crippen molar-refractivity contribution in [3.05, 3.63) is 83.8 Å². The predicted molar refractivity (Wildman–Crippen MR) is 108 cm³/mol. The zero-order valence-electron chi connectivity index (χ0n) is 16.3. The number of aliphatic hydroxyl groups is 1. The maximum absolute atomic E-state index is 13.5. The number of carbonyl (C=O) groups excluding carboxylic acids is 1. The lowest BCUT2D eigenvalue weighted by Crippen LogP contribution is -2.47. The van der Waals surface area contributed by atoms with E-state index in [0.717, 1.165) is 17.7 Å². The Morgan fingerprint density at radius 1 is 1.03 bits per heavy atom. The normalized spacial score (nSPS) is 15.8. The molecule has 1 aliphatic heterocycles. The smallest absolute Gasteiger partial charge is 0.256 e. The number of hydrogen-bond donors (Lipinski definition) is 1. The summed E-state index contributed by atoms with van der Waals surface area (Å²) in [7, 11) is 0. The second-order valence-corrected chi connectivity index (χ2v) is 7.58. The maximum Gasteiger partial charge on any atom is 0.256 e. The maximum atomic E-state index is 13.5. The minimum absolute atomic E-state index is 0.148. The summed E-state index contributed by atoms with van der Waals surface area (Å²) >= 11 is 0. The average molecular weight is 409 g/mol. The van der Waals surface area contributed by atoms with Crippen LogP contribution in [0.15, 0.2) is 61.1 Å². The molecule has 1 amide bonds. The molecule has 0 unspecified atom stereocenters. The van der Waals surface area contributed by atoms with Gasteiger partial charge in [-0.15, -0.1) is 0 Å². The van der Waals surface area contributed by atoms with Crippen LogP contribution in [0.3, 0.4) is 0 Å². The predicted octanol–water partition coefficient (Wildman–Crippen LogP) is 3.63. The number of nitrogens with zero attached hydrogens (tertiary/aromatic N) is 3. The number of amides is 1. The Bertz CT molecular complexity index is 1050. The van der Waals surface area contributed by atoms with Crippen LogP contribution in [-0.2, 0) is 6.42 Å². The molecule has 30 heavy (non-hydrogen) atoms. The zero-order valence-corrected chi connectivity index (χ0v) is 16.3. The van der Waals surface area contributed by atoms with Gasteiger partial charge in [-0.25, -0.2) is 8.78 Å². The molecule has 0 aliphatic carbocycles. The number of piperidine rings is 1. The summed E-state index contributed by atoms with van der Waals surface area (Å²) < 4.78 is 26.6. The highest BCUT2D eigenvalue weighted by Gasteiger charge is 2.35. The van der Waals surface area contributed by atoms with Gasteiger partial charge in [-0.05, 0) is 54.8 Å². The highest BCUT2D eigenvalue weighted by atomic mass is 19.2. The number of halogens is 2. The fourth-order valence-corrected chi connectivity index (χ4v) is 3.82. The second-order valence-electron chi connectivity index (χ2n) is 7.58. The number of aromatic nitrogens is 2. The molecular formula is C23H21F2N3O2. The van der Waals surface area contributed by atoms with Crippen molar-refractivity contribution in [2.75, 3.05) is 13.1 Å². The van der Waals surface area contributed by atoms with Gasteiger partial charge in [0.1, 0.15) is 0 Å². The van der Waals surface area contributed by atoms with E-state index in [1.54, 1.807) is 47.8 Å². The van der Waals surface area contributed by atoms with E-state index >= 15 is 0 Å². The van der Waals surface area contributed by atoms with Crippen LogP contribution in [0.1, 0.15) is 28.8 Å². The quantitative estimate of drug-likeness (QED) is 0.715. The molecule has 0 saturated carbocycles. The SMILES string of the molecule is O=C(c1cccnc1-c1ccncc1)N1CCC(O)(Cc2ccc(F)c(F)c2)CC1. The van der Waals surface area contributed by atoms with Crippen molar-refractivity contribution in [3.63, 3.8) is 0 Å². The fraction of sp³-hybridized carbons (Fsp3) is 0.261. The van der Waals surface area contributed by atoms with Crippen molar-refractivity contribution in [2.45, 2.75) is 24.9 Å². The highest BCUT2D eigenvalue weighted by Crippen LogP contribution is 2.29. The van der Waals surface area contributed by atoms with E-state index in [-0.39, 0.29) is 12.3 Å². The van der Waals surface area contributed by atoms with Crippen molar-refractivity contribution in [1.29, 1.82) is 0 Å².